The average Bonchev–Trinajstić information content (AvgIpc) is 2.01. The van der Waals surface area contributed by atoms with E-state index in [0.29, 0.717) is 6.42 Å². The van der Waals surface area contributed by atoms with Gasteiger partial charge in [0.2, 0.25) is 0 Å². The van der Waals surface area contributed by atoms with Crippen LogP contribution < -0.4 is 0 Å². The molecule has 0 amide bonds. The molecule has 0 rings (SSSR count). The van der Waals surface area contributed by atoms with Gasteiger partial charge in [-0.2, -0.15) is 8.42 Å². The van der Waals surface area contributed by atoms with Crippen molar-refractivity contribution in [1.29, 1.82) is 0 Å². The van der Waals surface area contributed by atoms with E-state index in [-0.39, 0.29) is 11.5 Å². The van der Waals surface area contributed by atoms with Gasteiger partial charge in [0.15, 0.2) is 0 Å². The largest absolute Gasteiger partial charge is 0.318 e. The van der Waals surface area contributed by atoms with E-state index in [9.17, 15) is 8.42 Å². The molecule has 12 heavy (non-hydrogen) atoms. The summed E-state index contributed by atoms with van der Waals surface area (Å²) in [6.07, 6.45) is 2.22. The van der Waals surface area contributed by atoms with Gasteiger partial charge in [-0.3, -0.25) is 0 Å². The molecular formula is C7H14O4S. The van der Waals surface area contributed by atoms with Crippen LogP contribution in [-0.2, 0) is 19.3 Å². The summed E-state index contributed by atoms with van der Waals surface area (Å²) >= 11 is 0. The number of allylic oxidation sites excluding steroid dienone is 2. The van der Waals surface area contributed by atoms with Gasteiger partial charge in [0, 0.05) is 0 Å². The monoisotopic (exact) mass is 194 g/mol. The maximum atomic E-state index is 11.1. The fourth-order valence-electron chi connectivity index (χ4n) is 0.555. The molecule has 0 aliphatic carbocycles. The Morgan fingerprint density at radius 2 is 2.00 bits per heavy atom. The zero-order valence-electron chi connectivity index (χ0n) is 7.53. The lowest BCUT2D eigenvalue weighted by Gasteiger charge is -2.02. The quantitative estimate of drug-likeness (QED) is 0.492. The summed E-state index contributed by atoms with van der Waals surface area (Å²) in [7, 11) is -3.65. The summed E-state index contributed by atoms with van der Waals surface area (Å²) < 4.78 is 26.3. The van der Waals surface area contributed by atoms with Crippen LogP contribution in [0.5, 0.6) is 0 Å². The second kappa shape index (κ2) is 5.29. The van der Waals surface area contributed by atoms with Crippen LogP contribution in [0.3, 0.4) is 0 Å². The Hall–Kier alpha value is -0.390. The highest BCUT2D eigenvalue weighted by molar-refractivity contribution is 7.90. The first-order valence-electron chi connectivity index (χ1n) is 3.77. The van der Waals surface area contributed by atoms with Crippen LogP contribution in [0.2, 0.25) is 0 Å². The molecule has 0 atom stereocenters. The molecule has 0 unspecified atom stereocenters. The Morgan fingerprint density at radius 3 is 2.42 bits per heavy atom. The van der Waals surface area contributed by atoms with E-state index in [0.717, 1.165) is 0 Å². The summed E-state index contributed by atoms with van der Waals surface area (Å²) in [6, 6.07) is 0. The SMILES string of the molecule is CCC=C(C)S(=O)(=O)OOCC. The highest BCUT2D eigenvalue weighted by Crippen LogP contribution is 2.08. The van der Waals surface area contributed by atoms with E-state index in [2.05, 4.69) is 9.22 Å². The second-order valence-corrected chi connectivity index (χ2v) is 3.84. The highest BCUT2D eigenvalue weighted by atomic mass is 32.2. The van der Waals surface area contributed by atoms with Gasteiger partial charge >= 0.3 is 10.1 Å². The average molecular weight is 194 g/mol. The normalized spacial score (nSPS) is 13.4. The lowest BCUT2D eigenvalue weighted by Crippen LogP contribution is -2.07. The van der Waals surface area contributed by atoms with Crippen LogP contribution >= 0.6 is 0 Å². The first-order chi connectivity index (χ1) is 5.54. The highest BCUT2D eigenvalue weighted by Gasteiger charge is 2.13. The summed E-state index contributed by atoms with van der Waals surface area (Å²) in [5.41, 5.74) is 0. The fraction of sp³-hybridized carbons (Fsp3) is 0.714. The van der Waals surface area contributed by atoms with E-state index in [1.165, 1.54) is 6.92 Å². The zero-order valence-corrected chi connectivity index (χ0v) is 8.35. The lowest BCUT2D eigenvalue weighted by molar-refractivity contribution is -0.195. The van der Waals surface area contributed by atoms with Crippen LogP contribution in [0.25, 0.3) is 0 Å². The summed E-state index contributed by atoms with van der Waals surface area (Å²) in [6.45, 7) is 5.17. The van der Waals surface area contributed by atoms with Crippen LogP contribution in [0.15, 0.2) is 11.0 Å². The van der Waals surface area contributed by atoms with E-state index < -0.39 is 10.1 Å². The molecular weight excluding hydrogens is 180 g/mol. The van der Waals surface area contributed by atoms with E-state index in [1.54, 1.807) is 13.0 Å². The van der Waals surface area contributed by atoms with Gasteiger partial charge in [0.1, 0.15) is 0 Å². The van der Waals surface area contributed by atoms with Gasteiger partial charge in [-0.1, -0.05) is 13.0 Å². The number of hydrogen-bond donors (Lipinski definition) is 0. The van der Waals surface area contributed by atoms with Crippen LogP contribution in [0.4, 0.5) is 0 Å². The molecule has 4 nitrogen and oxygen atoms in total. The van der Waals surface area contributed by atoms with Gasteiger partial charge in [0.25, 0.3) is 0 Å². The molecule has 0 aromatic carbocycles. The van der Waals surface area contributed by atoms with Gasteiger partial charge in [-0.15, -0.1) is 4.33 Å². The Kier molecular flexibility index (Phi) is 5.12. The van der Waals surface area contributed by atoms with Crippen molar-refractivity contribution in [1.82, 2.24) is 0 Å². The molecule has 0 aromatic rings. The topological polar surface area (TPSA) is 52.6 Å². The number of hydrogen-bond acceptors (Lipinski definition) is 4. The maximum absolute atomic E-state index is 11.1. The van der Waals surface area contributed by atoms with Crippen molar-refractivity contribution in [3.63, 3.8) is 0 Å². The van der Waals surface area contributed by atoms with E-state index in [1.807, 2.05) is 6.92 Å². The fourth-order valence-corrected chi connectivity index (χ4v) is 1.26. The third-order valence-electron chi connectivity index (χ3n) is 1.14. The Morgan fingerprint density at radius 1 is 1.42 bits per heavy atom. The van der Waals surface area contributed by atoms with Crippen molar-refractivity contribution >= 4 is 10.1 Å². The Labute approximate surface area is 73.2 Å². The van der Waals surface area contributed by atoms with Gasteiger partial charge in [-0.05, 0) is 20.3 Å². The van der Waals surface area contributed by atoms with Crippen LogP contribution in [0.1, 0.15) is 27.2 Å². The summed E-state index contributed by atoms with van der Waals surface area (Å²) in [4.78, 5) is 4.52. The predicted octanol–water partition coefficient (Wildman–Crippen LogP) is 1.60. The van der Waals surface area contributed by atoms with Crippen molar-refractivity contribution in [2.45, 2.75) is 27.2 Å². The van der Waals surface area contributed by atoms with Gasteiger partial charge in [0.05, 0.1) is 11.5 Å². The second-order valence-electron chi connectivity index (χ2n) is 2.15. The van der Waals surface area contributed by atoms with E-state index >= 15 is 0 Å². The Balaban J connectivity index is 4.31. The predicted molar refractivity (Wildman–Crippen MR) is 45.7 cm³/mol. The summed E-state index contributed by atoms with van der Waals surface area (Å²) in [5.74, 6) is 0. The van der Waals surface area contributed by atoms with Crippen molar-refractivity contribution in [2.75, 3.05) is 6.61 Å². The van der Waals surface area contributed by atoms with Gasteiger partial charge < -0.3 is 0 Å². The minimum Gasteiger partial charge on any atom is -0.220 e. The molecule has 0 spiro atoms. The standard InChI is InChI=1S/C7H14O4S/c1-4-6-7(3)12(8,9)11-10-5-2/h6H,4-5H2,1-3H3. The molecule has 0 fully saturated rings. The third kappa shape index (κ3) is 3.85. The molecule has 0 radical (unpaired) electrons. The molecule has 0 heterocycles. The molecule has 0 aliphatic rings. The third-order valence-corrected chi connectivity index (χ3v) is 2.37. The van der Waals surface area contributed by atoms with Crippen molar-refractivity contribution in [2.24, 2.45) is 0 Å². The van der Waals surface area contributed by atoms with Gasteiger partial charge in [-0.25, -0.2) is 4.89 Å². The molecule has 0 saturated heterocycles. The zero-order chi connectivity index (χ0) is 9.61. The summed E-state index contributed by atoms with van der Waals surface area (Å²) in [5, 5.41) is 0. The van der Waals surface area contributed by atoms with Crippen molar-refractivity contribution < 1.29 is 17.6 Å². The first-order valence-corrected chi connectivity index (χ1v) is 5.18. The molecule has 0 bridgehead atoms. The van der Waals surface area contributed by atoms with Crippen molar-refractivity contribution in [3.05, 3.63) is 11.0 Å². The van der Waals surface area contributed by atoms with Crippen LogP contribution in [-0.4, -0.2) is 15.0 Å². The van der Waals surface area contributed by atoms with Crippen molar-refractivity contribution in [3.8, 4) is 0 Å². The lowest BCUT2D eigenvalue weighted by atomic mass is 10.4. The maximum Gasteiger partial charge on any atom is 0.318 e. The molecule has 72 valence electrons. The molecule has 5 heteroatoms. The minimum absolute atomic E-state index is 0.179. The first kappa shape index (κ1) is 11.6. The smallest absolute Gasteiger partial charge is 0.220 e. The minimum atomic E-state index is -3.65. The van der Waals surface area contributed by atoms with E-state index in [4.69, 9.17) is 0 Å². The molecule has 0 saturated carbocycles. The molecule has 0 N–H and O–H groups in total. The molecule has 0 aliphatic heterocycles. The number of rotatable bonds is 5. The van der Waals surface area contributed by atoms with Crippen LogP contribution in [0, 0.1) is 0 Å². The Bertz CT molecular complexity index is 240. The molecule has 0 aromatic heterocycles.